The average molecular weight is 333 g/mol. The van der Waals surface area contributed by atoms with Crippen LogP contribution in [0.15, 0.2) is 91.1 Å². The first-order valence-electron chi connectivity index (χ1n) is 8.31. The van der Waals surface area contributed by atoms with Gasteiger partial charge in [0.1, 0.15) is 0 Å². The Balaban J connectivity index is 1.88. The number of hydrogen-bond acceptors (Lipinski definition) is 2. The quantitative estimate of drug-likeness (QED) is 0.429. The van der Waals surface area contributed by atoms with E-state index in [-0.39, 0.29) is 0 Å². The Bertz CT molecular complexity index is 1060. The molecular weight excluding hydrogens is 318 g/mol. The molecule has 0 aliphatic heterocycles. The number of benzene rings is 3. The number of rotatable bonds is 3. The third-order valence-corrected chi connectivity index (χ3v) is 4.16. The molecule has 0 aliphatic rings. The summed E-state index contributed by atoms with van der Waals surface area (Å²) in [4.78, 5) is 13.1. The van der Waals surface area contributed by atoms with Gasteiger partial charge in [-0.25, -0.2) is 9.83 Å². The topological polar surface area (TPSA) is 30.1 Å². The van der Waals surface area contributed by atoms with Gasteiger partial charge in [-0.05, 0) is 5.56 Å². The molecule has 3 aromatic carbocycles. The zero-order valence-electron chi connectivity index (χ0n) is 14.0. The molecule has 0 aliphatic carbocycles. The maximum Gasteiger partial charge on any atom is 0.187 e. The molecule has 0 atom stereocenters. The molecule has 0 N–H and O–H groups in total. The van der Waals surface area contributed by atoms with Crippen molar-refractivity contribution < 1.29 is 0 Å². The highest BCUT2D eigenvalue weighted by atomic mass is 14.8. The van der Waals surface area contributed by atoms with Gasteiger partial charge in [-0.1, -0.05) is 84.9 Å². The van der Waals surface area contributed by atoms with Crippen molar-refractivity contribution in [2.24, 2.45) is 0 Å². The van der Waals surface area contributed by atoms with Gasteiger partial charge in [0.2, 0.25) is 0 Å². The van der Waals surface area contributed by atoms with E-state index < -0.39 is 0 Å². The van der Waals surface area contributed by atoms with Crippen LogP contribution in [0.1, 0.15) is 0 Å². The Hall–Kier alpha value is -3.77. The number of hydrogen-bond donors (Lipinski definition) is 0. The van der Waals surface area contributed by atoms with E-state index in [4.69, 9.17) is 16.5 Å². The fourth-order valence-corrected chi connectivity index (χ4v) is 2.84. The van der Waals surface area contributed by atoms with Gasteiger partial charge in [0.05, 0.1) is 29.9 Å². The molecule has 0 fully saturated rings. The van der Waals surface area contributed by atoms with Crippen LogP contribution in [-0.4, -0.2) is 9.97 Å². The van der Waals surface area contributed by atoms with Gasteiger partial charge in [-0.3, -0.25) is 4.98 Å². The van der Waals surface area contributed by atoms with Gasteiger partial charge in [0, 0.05) is 11.1 Å². The molecule has 0 radical (unpaired) electrons. The van der Waals surface area contributed by atoms with Crippen LogP contribution in [0, 0.1) is 6.57 Å². The lowest BCUT2D eigenvalue weighted by Crippen LogP contribution is -1.95. The fraction of sp³-hybridized carbons (Fsp3) is 0. The Kier molecular flexibility index (Phi) is 4.24. The van der Waals surface area contributed by atoms with Gasteiger partial charge in [-0.2, -0.15) is 0 Å². The molecule has 122 valence electrons. The summed E-state index contributed by atoms with van der Waals surface area (Å²) in [5, 5.41) is 0. The Morgan fingerprint density at radius 3 is 1.77 bits per heavy atom. The van der Waals surface area contributed by atoms with E-state index in [2.05, 4.69) is 4.85 Å². The van der Waals surface area contributed by atoms with Crippen molar-refractivity contribution in [3.05, 3.63) is 103 Å². The monoisotopic (exact) mass is 333 g/mol. The van der Waals surface area contributed by atoms with Crippen molar-refractivity contribution >= 4 is 5.69 Å². The van der Waals surface area contributed by atoms with E-state index in [0.717, 1.165) is 33.8 Å². The molecule has 0 spiro atoms. The van der Waals surface area contributed by atoms with Crippen molar-refractivity contribution in [1.29, 1.82) is 0 Å². The lowest BCUT2D eigenvalue weighted by molar-refractivity contribution is 1.21. The predicted molar refractivity (Wildman–Crippen MR) is 105 cm³/mol. The van der Waals surface area contributed by atoms with E-state index in [1.165, 1.54) is 0 Å². The summed E-state index contributed by atoms with van der Waals surface area (Å²) < 4.78 is 0. The Labute approximate surface area is 152 Å². The minimum absolute atomic E-state index is 0.617. The molecule has 0 saturated carbocycles. The van der Waals surface area contributed by atoms with Crippen LogP contribution in [0.4, 0.5) is 5.69 Å². The fourth-order valence-electron chi connectivity index (χ4n) is 2.84. The molecule has 4 aromatic rings. The smallest absolute Gasteiger partial charge is 0.187 e. The highest BCUT2D eigenvalue weighted by molar-refractivity contribution is 5.79. The molecular formula is C23H15N3. The number of nitrogens with zero attached hydrogens (tertiary/aromatic N) is 3. The Morgan fingerprint density at radius 2 is 1.19 bits per heavy atom. The van der Waals surface area contributed by atoms with Gasteiger partial charge < -0.3 is 0 Å². The van der Waals surface area contributed by atoms with Crippen LogP contribution in [0.25, 0.3) is 38.6 Å². The largest absolute Gasteiger partial charge is 0.252 e. The van der Waals surface area contributed by atoms with Crippen LogP contribution in [-0.2, 0) is 0 Å². The predicted octanol–water partition coefficient (Wildman–Crippen LogP) is 6.03. The molecule has 0 saturated heterocycles. The third kappa shape index (κ3) is 3.09. The van der Waals surface area contributed by atoms with Crippen molar-refractivity contribution in [3.8, 4) is 33.8 Å². The summed E-state index contributed by atoms with van der Waals surface area (Å²) in [6.45, 7) is 7.09. The van der Waals surface area contributed by atoms with E-state index in [9.17, 15) is 0 Å². The highest BCUT2D eigenvalue weighted by Crippen LogP contribution is 2.31. The molecule has 0 amide bonds. The second-order valence-corrected chi connectivity index (χ2v) is 5.84. The molecule has 1 heterocycles. The summed E-state index contributed by atoms with van der Waals surface area (Å²) in [6, 6.07) is 27.6. The van der Waals surface area contributed by atoms with Gasteiger partial charge in [0.25, 0.3) is 0 Å². The van der Waals surface area contributed by atoms with Gasteiger partial charge >= 0.3 is 0 Å². The molecule has 0 unspecified atom stereocenters. The first-order valence-corrected chi connectivity index (χ1v) is 8.31. The molecule has 3 nitrogen and oxygen atoms in total. The van der Waals surface area contributed by atoms with E-state index in [0.29, 0.717) is 5.69 Å². The van der Waals surface area contributed by atoms with Gasteiger partial charge in [-0.15, -0.1) is 0 Å². The molecule has 1 aromatic heterocycles. The number of aromatic nitrogens is 2. The summed E-state index contributed by atoms with van der Waals surface area (Å²) in [6.07, 6.45) is 1.79. The molecule has 26 heavy (non-hydrogen) atoms. The van der Waals surface area contributed by atoms with Crippen LogP contribution in [0.5, 0.6) is 0 Å². The molecule has 4 rings (SSSR count). The van der Waals surface area contributed by atoms with E-state index in [1.807, 2.05) is 72.8 Å². The first kappa shape index (κ1) is 15.7. The summed E-state index contributed by atoms with van der Waals surface area (Å²) in [5.74, 6) is 0. The van der Waals surface area contributed by atoms with E-state index in [1.54, 1.807) is 18.3 Å². The lowest BCUT2D eigenvalue weighted by Gasteiger charge is -2.11. The summed E-state index contributed by atoms with van der Waals surface area (Å²) >= 11 is 0. The summed E-state index contributed by atoms with van der Waals surface area (Å²) in [7, 11) is 0. The third-order valence-electron chi connectivity index (χ3n) is 4.16. The standard InChI is InChI=1S/C23H15N3/c1-24-20-14-12-17(13-15-20)21-16-25-22(18-8-4-2-5-9-18)23(26-21)19-10-6-3-7-11-19/h2-16H. The van der Waals surface area contributed by atoms with E-state index >= 15 is 0 Å². The van der Waals surface area contributed by atoms with Crippen LogP contribution >= 0.6 is 0 Å². The minimum atomic E-state index is 0.617. The zero-order chi connectivity index (χ0) is 17.8. The Morgan fingerprint density at radius 1 is 0.615 bits per heavy atom. The first-order chi connectivity index (χ1) is 12.8. The highest BCUT2D eigenvalue weighted by Gasteiger charge is 2.12. The summed E-state index contributed by atoms with van der Waals surface area (Å²) in [5.41, 5.74) is 6.13. The van der Waals surface area contributed by atoms with Crippen molar-refractivity contribution in [1.82, 2.24) is 9.97 Å². The van der Waals surface area contributed by atoms with Crippen LogP contribution in [0.2, 0.25) is 0 Å². The van der Waals surface area contributed by atoms with Crippen molar-refractivity contribution in [3.63, 3.8) is 0 Å². The second kappa shape index (κ2) is 7.00. The van der Waals surface area contributed by atoms with Crippen molar-refractivity contribution in [2.75, 3.05) is 0 Å². The second-order valence-electron chi connectivity index (χ2n) is 5.84. The lowest BCUT2D eigenvalue weighted by atomic mass is 10.0. The van der Waals surface area contributed by atoms with Crippen LogP contribution in [0.3, 0.4) is 0 Å². The average Bonchev–Trinajstić information content (AvgIpc) is 2.75. The van der Waals surface area contributed by atoms with Crippen LogP contribution < -0.4 is 0 Å². The maximum absolute atomic E-state index is 7.09. The SMILES string of the molecule is [C-]#[N+]c1ccc(-c2cnc(-c3ccccc3)c(-c3ccccc3)n2)cc1. The molecule has 3 heteroatoms. The van der Waals surface area contributed by atoms with Crippen molar-refractivity contribution in [2.45, 2.75) is 0 Å². The normalized spacial score (nSPS) is 10.3. The maximum atomic E-state index is 7.09. The minimum Gasteiger partial charge on any atom is -0.252 e. The van der Waals surface area contributed by atoms with Gasteiger partial charge in [0.15, 0.2) is 5.69 Å². The zero-order valence-corrected chi connectivity index (χ0v) is 14.0. The molecule has 0 bridgehead atoms.